The van der Waals surface area contributed by atoms with Gasteiger partial charge in [-0.05, 0) is 43.5 Å². The van der Waals surface area contributed by atoms with Crippen molar-refractivity contribution >= 4 is 18.3 Å². The van der Waals surface area contributed by atoms with E-state index in [4.69, 9.17) is 9.47 Å². The average Bonchev–Trinajstić information content (AvgIpc) is 3.11. The molecule has 2 rings (SSSR count). The van der Waals surface area contributed by atoms with Crippen LogP contribution in [0.1, 0.15) is 24.8 Å². The average molecular weight is 357 g/mol. The molecule has 0 spiro atoms. The van der Waals surface area contributed by atoms with Crippen LogP contribution in [0.3, 0.4) is 0 Å². The highest BCUT2D eigenvalue weighted by Crippen LogP contribution is 2.14. The highest BCUT2D eigenvalue weighted by molar-refractivity contribution is 5.85. The smallest absolute Gasteiger partial charge is 0.222 e. The molecule has 1 aliphatic heterocycles. The summed E-state index contributed by atoms with van der Waals surface area (Å²) in [4.78, 5) is 14.0. The Morgan fingerprint density at radius 3 is 2.67 bits per heavy atom. The minimum Gasteiger partial charge on any atom is -0.494 e. The molecule has 24 heavy (non-hydrogen) atoms. The fraction of sp³-hybridized carbons (Fsp3) is 0.611. The van der Waals surface area contributed by atoms with Crippen LogP contribution in [0.25, 0.3) is 0 Å². The van der Waals surface area contributed by atoms with Crippen LogP contribution >= 0.6 is 12.4 Å². The van der Waals surface area contributed by atoms with Gasteiger partial charge in [0.25, 0.3) is 0 Å². The fourth-order valence-corrected chi connectivity index (χ4v) is 2.74. The number of nitrogens with zero attached hydrogens (tertiary/aromatic N) is 1. The number of carbonyl (C=O) groups is 1. The molecule has 1 fully saturated rings. The van der Waals surface area contributed by atoms with E-state index in [1.807, 2.05) is 24.1 Å². The number of hydrogen-bond donors (Lipinski definition) is 1. The molecule has 0 aliphatic carbocycles. The number of amides is 1. The minimum atomic E-state index is 0. The van der Waals surface area contributed by atoms with Crippen molar-refractivity contribution in [1.29, 1.82) is 0 Å². The van der Waals surface area contributed by atoms with Gasteiger partial charge >= 0.3 is 0 Å². The SMILES string of the molecule is COCCc1ccc(OCCCC(=O)N(C)C2CCNC2)cc1.Cl. The third-order valence-corrected chi connectivity index (χ3v) is 4.30. The lowest BCUT2D eigenvalue weighted by Gasteiger charge is -2.23. The molecule has 1 aliphatic rings. The lowest BCUT2D eigenvalue weighted by atomic mass is 10.1. The van der Waals surface area contributed by atoms with E-state index >= 15 is 0 Å². The molecule has 0 radical (unpaired) electrons. The van der Waals surface area contributed by atoms with Gasteiger partial charge in [0.1, 0.15) is 5.75 Å². The van der Waals surface area contributed by atoms with Crippen LogP contribution in [0.2, 0.25) is 0 Å². The van der Waals surface area contributed by atoms with E-state index in [1.54, 1.807) is 7.11 Å². The van der Waals surface area contributed by atoms with Crippen molar-refractivity contribution < 1.29 is 14.3 Å². The number of benzene rings is 1. The summed E-state index contributed by atoms with van der Waals surface area (Å²) in [5.74, 6) is 1.06. The molecule has 0 saturated carbocycles. The van der Waals surface area contributed by atoms with Gasteiger partial charge in [0.15, 0.2) is 0 Å². The lowest BCUT2D eigenvalue weighted by molar-refractivity contribution is -0.131. The van der Waals surface area contributed by atoms with Gasteiger partial charge < -0.3 is 19.7 Å². The molecule has 1 aromatic carbocycles. The van der Waals surface area contributed by atoms with Gasteiger partial charge in [-0.15, -0.1) is 12.4 Å². The molecule has 1 atom stereocenters. The Morgan fingerprint density at radius 1 is 1.29 bits per heavy atom. The number of halogens is 1. The number of nitrogens with one attached hydrogen (secondary N) is 1. The maximum atomic E-state index is 12.1. The molecule has 1 amide bonds. The van der Waals surface area contributed by atoms with Gasteiger partial charge in [0.2, 0.25) is 5.91 Å². The van der Waals surface area contributed by atoms with Crippen molar-refractivity contribution in [2.45, 2.75) is 31.7 Å². The summed E-state index contributed by atoms with van der Waals surface area (Å²) < 4.78 is 10.8. The van der Waals surface area contributed by atoms with Crippen molar-refractivity contribution in [3.63, 3.8) is 0 Å². The number of hydrogen-bond acceptors (Lipinski definition) is 4. The largest absolute Gasteiger partial charge is 0.494 e. The topological polar surface area (TPSA) is 50.8 Å². The summed E-state index contributed by atoms with van der Waals surface area (Å²) in [7, 11) is 3.61. The zero-order valence-corrected chi connectivity index (χ0v) is 15.4. The first-order chi connectivity index (χ1) is 11.2. The summed E-state index contributed by atoms with van der Waals surface area (Å²) >= 11 is 0. The first kappa shape index (κ1) is 20.7. The maximum Gasteiger partial charge on any atom is 0.222 e. The summed E-state index contributed by atoms with van der Waals surface area (Å²) in [6.07, 6.45) is 3.25. The first-order valence-electron chi connectivity index (χ1n) is 8.37. The molecule has 1 N–H and O–H groups in total. The molecule has 136 valence electrons. The quantitative estimate of drug-likeness (QED) is 0.690. The van der Waals surface area contributed by atoms with Crippen LogP contribution < -0.4 is 10.1 Å². The molecular formula is C18H29ClN2O3. The molecule has 0 bridgehead atoms. The van der Waals surface area contributed by atoms with E-state index in [0.29, 0.717) is 19.1 Å². The number of ether oxygens (including phenoxy) is 2. The predicted molar refractivity (Wildman–Crippen MR) is 98.0 cm³/mol. The predicted octanol–water partition coefficient (Wildman–Crippen LogP) is 2.28. The van der Waals surface area contributed by atoms with Gasteiger partial charge in [0.05, 0.1) is 13.2 Å². The van der Waals surface area contributed by atoms with Gasteiger partial charge in [-0.2, -0.15) is 0 Å². The van der Waals surface area contributed by atoms with Crippen LogP contribution in [0, 0.1) is 0 Å². The van der Waals surface area contributed by atoms with Crippen molar-refractivity contribution in [3.05, 3.63) is 29.8 Å². The molecule has 1 unspecified atom stereocenters. The van der Waals surface area contributed by atoms with E-state index in [-0.39, 0.29) is 18.3 Å². The lowest BCUT2D eigenvalue weighted by Crippen LogP contribution is -2.38. The Balaban J connectivity index is 0.00000288. The molecule has 6 heteroatoms. The second kappa shape index (κ2) is 11.3. The zero-order valence-electron chi connectivity index (χ0n) is 14.6. The standard InChI is InChI=1S/C18H28N2O3.ClH/c1-20(16-9-11-19-14-16)18(21)4-3-12-23-17-7-5-15(6-8-17)10-13-22-2;/h5-8,16,19H,3-4,9-14H2,1-2H3;1H. The summed E-state index contributed by atoms with van der Waals surface area (Å²) in [6, 6.07) is 8.41. The Morgan fingerprint density at radius 2 is 2.04 bits per heavy atom. The zero-order chi connectivity index (χ0) is 16.5. The molecule has 1 aromatic rings. The Hall–Kier alpha value is -1.30. The third kappa shape index (κ3) is 6.67. The van der Waals surface area contributed by atoms with E-state index in [2.05, 4.69) is 17.4 Å². The third-order valence-electron chi connectivity index (χ3n) is 4.30. The molecular weight excluding hydrogens is 328 g/mol. The van der Waals surface area contributed by atoms with Crippen molar-refractivity contribution in [3.8, 4) is 5.75 Å². The van der Waals surface area contributed by atoms with Crippen LogP contribution in [0.15, 0.2) is 24.3 Å². The van der Waals surface area contributed by atoms with E-state index in [0.717, 1.165) is 44.7 Å². The Bertz CT molecular complexity index is 476. The van der Waals surface area contributed by atoms with Crippen molar-refractivity contribution in [2.75, 3.05) is 40.5 Å². The highest BCUT2D eigenvalue weighted by Gasteiger charge is 2.22. The fourth-order valence-electron chi connectivity index (χ4n) is 2.74. The van der Waals surface area contributed by atoms with Crippen molar-refractivity contribution in [2.24, 2.45) is 0 Å². The van der Waals surface area contributed by atoms with Gasteiger partial charge in [-0.1, -0.05) is 12.1 Å². The summed E-state index contributed by atoms with van der Waals surface area (Å²) in [5.41, 5.74) is 1.24. The van der Waals surface area contributed by atoms with Crippen LogP contribution in [-0.2, 0) is 16.0 Å². The van der Waals surface area contributed by atoms with Crippen molar-refractivity contribution in [1.82, 2.24) is 10.2 Å². The number of carbonyl (C=O) groups excluding carboxylic acids is 1. The Labute approximate surface area is 151 Å². The highest BCUT2D eigenvalue weighted by atomic mass is 35.5. The van der Waals surface area contributed by atoms with E-state index in [9.17, 15) is 4.79 Å². The molecule has 5 nitrogen and oxygen atoms in total. The summed E-state index contributed by atoms with van der Waals surface area (Å²) in [6.45, 7) is 3.21. The van der Waals surface area contributed by atoms with E-state index in [1.165, 1.54) is 5.56 Å². The number of likely N-dealkylation sites (N-methyl/N-ethyl adjacent to an activating group) is 1. The number of rotatable bonds is 9. The van der Waals surface area contributed by atoms with Crippen LogP contribution in [0.5, 0.6) is 5.75 Å². The maximum absolute atomic E-state index is 12.1. The van der Waals surface area contributed by atoms with Gasteiger partial charge in [-0.3, -0.25) is 4.79 Å². The monoisotopic (exact) mass is 356 g/mol. The Kier molecular flexibility index (Phi) is 9.76. The number of methoxy groups -OCH3 is 1. The van der Waals surface area contributed by atoms with Crippen LogP contribution in [-0.4, -0.2) is 57.3 Å². The second-order valence-electron chi connectivity index (χ2n) is 5.99. The van der Waals surface area contributed by atoms with Crippen LogP contribution in [0.4, 0.5) is 0 Å². The summed E-state index contributed by atoms with van der Waals surface area (Å²) in [5, 5.41) is 3.29. The van der Waals surface area contributed by atoms with E-state index < -0.39 is 0 Å². The molecule has 1 saturated heterocycles. The minimum absolute atomic E-state index is 0. The molecule has 1 heterocycles. The van der Waals surface area contributed by atoms with Gasteiger partial charge in [-0.25, -0.2) is 0 Å². The first-order valence-corrected chi connectivity index (χ1v) is 8.37. The normalized spacial score (nSPS) is 16.5. The second-order valence-corrected chi connectivity index (χ2v) is 5.99. The molecule has 0 aromatic heterocycles. The van der Waals surface area contributed by atoms with Gasteiger partial charge in [0, 0.05) is 33.2 Å².